The molecule has 0 aliphatic heterocycles. The fraction of sp³-hybridized carbons (Fsp3) is 0.333. The molecule has 0 saturated heterocycles. The van der Waals surface area contributed by atoms with Crippen molar-refractivity contribution in [1.82, 2.24) is 29.9 Å². The number of imidazole rings is 1. The Morgan fingerprint density at radius 1 is 1.26 bits per heavy atom. The molecule has 27 heavy (non-hydrogen) atoms. The van der Waals surface area contributed by atoms with Gasteiger partial charge < -0.3 is 20.2 Å². The summed E-state index contributed by atoms with van der Waals surface area (Å²) in [6.45, 7) is 1.89. The molecule has 0 unspecified atom stereocenters. The van der Waals surface area contributed by atoms with Crippen LogP contribution in [0.4, 0.5) is 11.9 Å². The van der Waals surface area contributed by atoms with Gasteiger partial charge in [-0.1, -0.05) is 18.7 Å². The Morgan fingerprint density at radius 2 is 1.96 bits per heavy atom. The summed E-state index contributed by atoms with van der Waals surface area (Å²) in [5.74, 6) is 0.446. The van der Waals surface area contributed by atoms with E-state index in [1.807, 2.05) is 6.92 Å². The number of carbonyl (C=O) groups is 1. The molecule has 0 aromatic carbocycles. The standard InChI is InChI=1S/C15H18N8O3S/c1-4-7(27-13-10-11(18-6-17-10)21-14(16)23-13)12(24)22-15-19-8(25-2)5-9(20-15)26-3/h5-7H,4H2,1-3H3,(H,19,20,22,24)(H3,16,17,18,21,23)/t7-/m0/s1. The van der Waals surface area contributed by atoms with Crippen molar-refractivity contribution < 1.29 is 14.3 Å². The number of carbonyl (C=O) groups excluding carboxylic acids is 1. The van der Waals surface area contributed by atoms with Crippen LogP contribution in [0.2, 0.25) is 0 Å². The molecule has 0 bridgehead atoms. The number of nitrogen functional groups attached to an aromatic ring is 1. The second-order valence-corrected chi connectivity index (χ2v) is 6.46. The van der Waals surface area contributed by atoms with Gasteiger partial charge in [0.25, 0.3) is 0 Å². The van der Waals surface area contributed by atoms with Crippen LogP contribution in [-0.4, -0.2) is 55.3 Å². The van der Waals surface area contributed by atoms with Gasteiger partial charge in [0.15, 0.2) is 5.65 Å². The van der Waals surface area contributed by atoms with Crippen molar-refractivity contribution in [1.29, 1.82) is 0 Å². The highest BCUT2D eigenvalue weighted by molar-refractivity contribution is 8.00. The molecule has 0 aliphatic carbocycles. The number of hydrogen-bond donors (Lipinski definition) is 3. The molecule has 1 atom stereocenters. The molecule has 142 valence electrons. The molecule has 3 aromatic rings. The summed E-state index contributed by atoms with van der Waals surface area (Å²) in [6.07, 6.45) is 2.04. The molecular formula is C15H18N8O3S. The second kappa shape index (κ2) is 8.03. The lowest BCUT2D eigenvalue weighted by molar-refractivity contribution is -0.115. The van der Waals surface area contributed by atoms with E-state index < -0.39 is 5.25 Å². The average molecular weight is 390 g/mol. The summed E-state index contributed by atoms with van der Waals surface area (Å²) in [4.78, 5) is 36.2. The van der Waals surface area contributed by atoms with E-state index in [-0.39, 0.29) is 29.6 Å². The van der Waals surface area contributed by atoms with Crippen LogP contribution in [0.25, 0.3) is 11.2 Å². The van der Waals surface area contributed by atoms with Crippen molar-refractivity contribution in [3.8, 4) is 11.8 Å². The van der Waals surface area contributed by atoms with Crippen molar-refractivity contribution in [2.45, 2.75) is 23.6 Å². The van der Waals surface area contributed by atoms with Crippen molar-refractivity contribution in [2.75, 3.05) is 25.3 Å². The lowest BCUT2D eigenvalue weighted by Crippen LogP contribution is -2.26. The number of aromatic nitrogens is 6. The fourth-order valence-corrected chi connectivity index (χ4v) is 3.24. The van der Waals surface area contributed by atoms with E-state index >= 15 is 0 Å². The molecule has 0 radical (unpaired) electrons. The minimum atomic E-state index is -0.466. The van der Waals surface area contributed by atoms with E-state index in [1.54, 1.807) is 0 Å². The van der Waals surface area contributed by atoms with Gasteiger partial charge in [-0.3, -0.25) is 10.1 Å². The molecule has 0 aliphatic rings. The molecule has 11 nitrogen and oxygen atoms in total. The van der Waals surface area contributed by atoms with Crippen molar-refractivity contribution in [3.05, 3.63) is 12.4 Å². The topological polar surface area (TPSA) is 154 Å². The Hall–Kier alpha value is -3.15. The maximum absolute atomic E-state index is 12.7. The Balaban J connectivity index is 1.81. The molecule has 12 heteroatoms. The van der Waals surface area contributed by atoms with E-state index in [0.717, 1.165) is 0 Å². The summed E-state index contributed by atoms with van der Waals surface area (Å²) in [5, 5.41) is 2.75. The van der Waals surface area contributed by atoms with E-state index in [0.29, 0.717) is 22.6 Å². The lowest BCUT2D eigenvalue weighted by atomic mass is 10.3. The Labute approximate surface area is 158 Å². The Kier molecular flexibility index (Phi) is 5.54. The van der Waals surface area contributed by atoms with Gasteiger partial charge in [-0.2, -0.15) is 15.0 Å². The highest BCUT2D eigenvalue weighted by Crippen LogP contribution is 2.29. The number of nitrogens with zero attached hydrogens (tertiary/aromatic N) is 5. The van der Waals surface area contributed by atoms with Crippen LogP contribution in [0.15, 0.2) is 17.4 Å². The van der Waals surface area contributed by atoms with Gasteiger partial charge in [-0.15, -0.1) is 0 Å². The summed E-state index contributed by atoms with van der Waals surface area (Å²) >= 11 is 1.25. The van der Waals surface area contributed by atoms with E-state index in [4.69, 9.17) is 15.2 Å². The summed E-state index contributed by atoms with van der Waals surface area (Å²) in [7, 11) is 2.93. The number of amides is 1. The van der Waals surface area contributed by atoms with Gasteiger partial charge in [-0.05, 0) is 6.42 Å². The number of fused-ring (bicyclic) bond motifs is 1. The molecule has 3 aromatic heterocycles. The van der Waals surface area contributed by atoms with Crippen molar-refractivity contribution in [3.63, 3.8) is 0 Å². The predicted octanol–water partition coefficient (Wildman–Crippen LogP) is 1.25. The molecule has 0 spiro atoms. The first-order chi connectivity index (χ1) is 13.0. The number of thioether (sulfide) groups is 1. The Morgan fingerprint density at radius 3 is 2.59 bits per heavy atom. The maximum atomic E-state index is 12.7. The molecule has 0 saturated carbocycles. The summed E-state index contributed by atoms with van der Waals surface area (Å²) in [6, 6.07) is 1.51. The second-order valence-electron chi connectivity index (χ2n) is 5.27. The third-order valence-corrected chi connectivity index (χ3v) is 4.87. The minimum Gasteiger partial charge on any atom is -0.481 e. The largest absolute Gasteiger partial charge is 0.481 e. The molecule has 3 rings (SSSR count). The third-order valence-electron chi connectivity index (χ3n) is 3.52. The van der Waals surface area contributed by atoms with Crippen LogP contribution in [0.1, 0.15) is 13.3 Å². The lowest BCUT2D eigenvalue weighted by Gasteiger charge is -2.14. The highest BCUT2D eigenvalue weighted by atomic mass is 32.2. The van der Waals surface area contributed by atoms with Gasteiger partial charge in [-0.25, -0.2) is 9.97 Å². The van der Waals surface area contributed by atoms with E-state index in [2.05, 4.69) is 35.2 Å². The quantitative estimate of drug-likeness (QED) is 0.396. The smallest absolute Gasteiger partial charge is 0.240 e. The van der Waals surface area contributed by atoms with Crippen LogP contribution in [0.5, 0.6) is 11.8 Å². The number of nitrogens with one attached hydrogen (secondary N) is 2. The first-order valence-corrected chi connectivity index (χ1v) is 8.83. The number of aromatic amines is 1. The normalized spacial score (nSPS) is 12.0. The van der Waals surface area contributed by atoms with Gasteiger partial charge in [0.1, 0.15) is 10.5 Å². The zero-order valence-electron chi connectivity index (χ0n) is 14.9. The third kappa shape index (κ3) is 4.16. The van der Waals surface area contributed by atoms with Crippen LogP contribution in [-0.2, 0) is 4.79 Å². The van der Waals surface area contributed by atoms with Crippen molar-refractivity contribution >= 4 is 40.7 Å². The van der Waals surface area contributed by atoms with Crippen LogP contribution < -0.4 is 20.5 Å². The van der Waals surface area contributed by atoms with Crippen LogP contribution in [0, 0.1) is 0 Å². The zero-order valence-corrected chi connectivity index (χ0v) is 15.7. The number of nitrogens with two attached hydrogens (primary N) is 1. The highest BCUT2D eigenvalue weighted by Gasteiger charge is 2.22. The Bertz CT molecular complexity index is 941. The summed E-state index contributed by atoms with van der Waals surface area (Å²) < 4.78 is 10.2. The van der Waals surface area contributed by atoms with Gasteiger partial charge in [0.2, 0.25) is 29.6 Å². The molecule has 0 fully saturated rings. The first kappa shape index (κ1) is 18.6. The first-order valence-electron chi connectivity index (χ1n) is 7.95. The van der Waals surface area contributed by atoms with E-state index in [1.165, 1.54) is 38.4 Å². The van der Waals surface area contributed by atoms with E-state index in [9.17, 15) is 4.79 Å². The number of ether oxygens (including phenoxy) is 2. The molecular weight excluding hydrogens is 372 g/mol. The van der Waals surface area contributed by atoms with Gasteiger partial charge in [0, 0.05) is 0 Å². The maximum Gasteiger partial charge on any atom is 0.240 e. The molecule has 4 N–H and O–H groups in total. The minimum absolute atomic E-state index is 0.0872. The predicted molar refractivity (Wildman–Crippen MR) is 99.8 cm³/mol. The number of hydrogen-bond acceptors (Lipinski definition) is 10. The summed E-state index contributed by atoms with van der Waals surface area (Å²) in [5.41, 5.74) is 6.80. The van der Waals surface area contributed by atoms with Crippen LogP contribution >= 0.6 is 11.8 Å². The van der Waals surface area contributed by atoms with Crippen molar-refractivity contribution in [2.24, 2.45) is 0 Å². The number of anilines is 2. The molecule has 1 amide bonds. The number of rotatable bonds is 7. The van der Waals surface area contributed by atoms with Gasteiger partial charge >= 0.3 is 0 Å². The molecule has 3 heterocycles. The zero-order chi connectivity index (χ0) is 19.4. The fourth-order valence-electron chi connectivity index (χ4n) is 2.22. The number of methoxy groups -OCH3 is 2. The van der Waals surface area contributed by atoms with Gasteiger partial charge in [0.05, 0.1) is 31.9 Å². The van der Waals surface area contributed by atoms with Crippen LogP contribution in [0.3, 0.4) is 0 Å². The monoisotopic (exact) mass is 390 g/mol. The number of H-pyrrole nitrogens is 1. The SMILES string of the molecule is CC[C@H](Sc1nc(N)nc2nc[nH]c12)C(=O)Nc1nc(OC)cc(OC)n1. The average Bonchev–Trinajstić information content (AvgIpc) is 3.13.